The van der Waals surface area contributed by atoms with E-state index >= 15 is 0 Å². The largest absolute Gasteiger partial charge is 0.497 e. The Labute approximate surface area is 121 Å². The minimum atomic E-state index is -0.137. The van der Waals surface area contributed by atoms with E-state index in [0.717, 1.165) is 38.5 Å². The van der Waals surface area contributed by atoms with E-state index in [1.807, 2.05) is 12.1 Å². The lowest BCUT2D eigenvalue weighted by molar-refractivity contribution is -0.116. The molecule has 1 aliphatic rings. The van der Waals surface area contributed by atoms with Gasteiger partial charge in [-0.3, -0.25) is 4.90 Å². The van der Waals surface area contributed by atoms with Crippen LogP contribution in [0.2, 0.25) is 0 Å². The zero-order valence-corrected chi connectivity index (χ0v) is 12.5. The van der Waals surface area contributed by atoms with Gasteiger partial charge in [0.15, 0.2) is 6.29 Å². The van der Waals surface area contributed by atoms with Crippen molar-refractivity contribution in [1.82, 2.24) is 4.90 Å². The summed E-state index contributed by atoms with van der Waals surface area (Å²) in [5.74, 6) is 0.899. The molecule has 112 valence electrons. The maximum absolute atomic E-state index is 5.25. The van der Waals surface area contributed by atoms with Gasteiger partial charge in [-0.1, -0.05) is 0 Å². The maximum Gasteiger partial charge on any atom is 0.169 e. The molecule has 5 heteroatoms. The van der Waals surface area contributed by atoms with Crippen molar-refractivity contribution in [2.75, 3.05) is 59.0 Å². The Morgan fingerprint density at radius 3 is 2.05 bits per heavy atom. The summed E-state index contributed by atoms with van der Waals surface area (Å²) < 4.78 is 15.7. The molecule has 0 N–H and O–H groups in total. The first-order chi connectivity index (χ1) is 9.76. The maximum atomic E-state index is 5.25. The van der Waals surface area contributed by atoms with Crippen molar-refractivity contribution in [3.05, 3.63) is 24.3 Å². The molecular weight excluding hydrogens is 256 g/mol. The summed E-state index contributed by atoms with van der Waals surface area (Å²) in [7, 11) is 5.05. The number of methoxy groups -OCH3 is 3. The SMILES string of the molecule is COc1ccc(N2CCN(CC(OC)OC)CC2)cc1. The quantitative estimate of drug-likeness (QED) is 0.737. The van der Waals surface area contributed by atoms with Crippen LogP contribution in [0.25, 0.3) is 0 Å². The summed E-state index contributed by atoms with van der Waals surface area (Å²) in [4.78, 5) is 4.77. The van der Waals surface area contributed by atoms with E-state index in [0.29, 0.717) is 0 Å². The molecule has 1 fully saturated rings. The van der Waals surface area contributed by atoms with Gasteiger partial charge < -0.3 is 19.1 Å². The molecule has 0 spiro atoms. The Kier molecular flexibility index (Phi) is 5.64. The van der Waals surface area contributed by atoms with E-state index in [2.05, 4.69) is 21.9 Å². The van der Waals surface area contributed by atoms with E-state index in [9.17, 15) is 0 Å². The van der Waals surface area contributed by atoms with Gasteiger partial charge in [0.25, 0.3) is 0 Å². The third-order valence-electron chi connectivity index (χ3n) is 3.74. The standard InChI is InChI=1S/C15H24N2O3/c1-18-14-6-4-13(5-7-14)17-10-8-16(9-11-17)12-15(19-2)20-3/h4-7,15H,8-12H2,1-3H3. The molecule has 2 rings (SSSR count). The van der Waals surface area contributed by atoms with Crippen molar-refractivity contribution in [2.45, 2.75) is 6.29 Å². The summed E-state index contributed by atoms with van der Waals surface area (Å²) in [5.41, 5.74) is 1.25. The van der Waals surface area contributed by atoms with Gasteiger partial charge in [0.1, 0.15) is 5.75 Å². The first kappa shape index (κ1) is 15.1. The molecule has 1 aromatic carbocycles. The van der Waals surface area contributed by atoms with E-state index in [1.54, 1.807) is 21.3 Å². The average molecular weight is 280 g/mol. The van der Waals surface area contributed by atoms with Crippen LogP contribution in [-0.2, 0) is 9.47 Å². The topological polar surface area (TPSA) is 34.2 Å². The lowest BCUT2D eigenvalue weighted by Crippen LogP contribution is -2.49. The normalized spacial score (nSPS) is 16.7. The summed E-state index contributed by atoms with van der Waals surface area (Å²) in [5, 5.41) is 0. The number of rotatable bonds is 6. The van der Waals surface area contributed by atoms with Crippen LogP contribution in [0.1, 0.15) is 0 Å². The molecular formula is C15H24N2O3. The van der Waals surface area contributed by atoms with E-state index < -0.39 is 0 Å². The first-order valence-electron chi connectivity index (χ1n) is 6.93. The van der Waals surface area contributed by atoms with Crippen molar-refractivity contribution in [3.8, 4) is 5.75 Å². The zero-order valence-electron chi connectivity index (χ0n) is 12.5. The Balaban J connectivity index is 1.84. The second-order valence-corrected chi connectivity index (χ2v) is 4.89. The molecule has 0 bridgehead atoms. The highest BCUT2D eigenvalue weighted by atomic mass is 16.7. The average Bonchev–Trinajstić information content (AvgIpc) is 2.53. The van der Waals surface area contributed by atoms with Crippen LogP contribution >= 0.6 is 0 Å². The molecule has 5 nitrogen and oxygen atoms in total. The molecule has 1 aromatic rings. The molecule has 1 saturated heterocycles. The van der Waals surface area contributed by atoms with Crippen molar-refractivity contribution < 1.29 is 14.2 Å². The van der Waals surface area contributed by atoms with Crippen LogP contribution in [-0.4, -0.2) is 65.2 Å². The Hall–Kier alpha value is -1.30. The zero-order chi connectivity index (χ0) is 14.4. The van der Waals surface area contributed by atoms with Gasteiger partial charge in [0.2, 0.25) is 0 Å². The molecule has 0 amide bonds. The molecule has 0 aliphatic carbocycles. The fraction of sp³-hybridized carbons (Fsp3) is 0.600. The highest BCUT2D eigenvalue weighted by Gasteiger charge is 2.20. The van der Waals surface area contributed by atoms with Gasteiger partial charge in [-0.15, -0.1) is 0 Å². The number of nitrogens with zero attached hydrogens (tertiary/aromatic N) is 2. The van der Waals surface area contributed by atoms with Crippen LogP contribution in [0.5, 0.6) is 5.75 Å². The minimum absolute atomic E-state index is 0.137. The van der Waals surface area contributed by atoms with Gasteiger partial charge in [-0.05, 0) is 24.3 Å². The van der Waals surface area contributed by atoms with Crippen LogP contribution < -0.4 is 9.64 Å². The third kappa shape index (κ3) is 3.85. The second kappa shape index (κ2) is 7.47. The molecule has 0 unspecified atom stereocenters. The minimum Gasteiger partial charge on any atom is -0.497 e. The smallest absolute Gasteiger partial charge is 0.169 e. The van der Waals surface area contributed by atoms with E-state index in [4.69, 9.17) is 14.2 Å². The number of hydrogen-bond acceptors (Lipinski definition) is 5. The van der Waals surface area contributed by atoms with Crippen LogP contribution in [0.4, 0.5) is 5.69 Å². The van der Waals surface area contributed by atoms with Gasteiger partial charge in [-0.25, -0.2) is 0 Å². The second-order valence-electron chi connectivity index (χ2n) is 4.89. The highest BCUT2D eigenvalue weighted by Crippen LogP contribution is 2.20. The molecule has 0 radical (unpaired) electrons. The molecule has 1 heterocycles. The van der Waals surface area contributed by atoms with Gasteiger partial charge in [0, 0.05) is 52.6 Å². The van der Waals surface area contributed by atoms with Gasteiger partial charge >= 0.3 is 0 Å². The summed E-state index contributed by atoms with van der Waals surface area (Å²) >= 11 is 0. The number of piperazine rings is 1. The van der Waals surface area contributed by atoms with Crippen molar-refractivity contribution in [3.63, 3.8) is 0 Å². The molecule has 0 aromatic heterocycles. The predicted octanol–water partition coefficient (Wildman–Crippen LogP) is 1.44. The van der Waals surface area contributed by atoms with Crippen molar-refractivity contribution in [2.24, 2.45) is 0 Å². The summed E-state index contributed by atoms with van der Waals surface area (Å²) in [6, 6.07) is 8.24. The highest BCUT2D eigenvalue weighted by molar-refractivity contribution is 5.49. The molecule has 0 saturated carbocycles. The van der Waals surface area contributed by atoms with Crippen LogP contribution in [0, 0.1) is 0 Å². The first-order valence-corrected chi connectivity index (χ1v) is 6.93. The molecule has 0 atom stereocenters. The Morgan fingerprint density at radius 1 is 0.950 bits per heavy atom. The van der Waals surface area contributed by atoms with E-state index in [-0.39, 0.29) is 6.29 Å². The van der Waals surface area contributed by atoms with Crippen molar-refractivity contribution >= 4 is 5.69 Å². The monoisotopic (exact) mass is 280 g/mol. The van der Waals surface area contributed by atoms with E-state index in [1.165, 1.54) is 5.69 Å². The lowest BCUT2D eigenvalue weighted by atomic mass is 10.2. The Bertz CT molecular complexity index is 385. The van der Waals surface area contributed by atoms with Crippen LogP contribution in [0.15, 0.2) is 24.3 Å². The number of hydrogen-bond donors (Lipinski definition) is 0. The molecule has 1 aliphatic heterocycles. The number of ether oxygens (including phenoxy) is 3. The lowest BCUT2D eigenvalue weighted by Gasteiger charge is -2.37. The summed E-state index contributed by atoms with van der Waals surface area (Å²) in [6.07, 6.45) is -0.137. The van der Waals surface area contributed by atoms with Gasteiger partial charge in [-0.2, -0.15) is 0 Å². The fourth-order valence-electron chi connectivity index (χ4n) is 2.44. The molecule has 20 heavy (non-hydrogen) atoms. The fourth-order valence-corrected chi connectivity index (χ4v) is 2.44. The Morgan fingerprint density at radius 2 is 1.55 bits per heavy atom. The van der Waals surface area contributed by atoms with Crippen LogP contribution in [0.3, 0.4) is 0 Å². The summed E-state index contributed by atoms with van der Waals surface area (Å²) in [6.45, 7) is 4.91. The predicted molar refractivity (Wildman–Crippen MR) is 79.5 cm³/mol. The number of benzene rings is 1. The van der Waals surface area contributed by atoms with Crippen molar-refractivity contribution in [1.29, 1.82) is 0 Å². The number of anilines is 1. The third-order valence-corrected chi connectivity index (χ3v) is 3.74. The van der Waals surface area contributed by atoms with Gasteiger partial charge in [0.05, 0.1) is 7.11 Å².